The number of ether oxygens (including phenoxy) is 1. The largest absolute Gasteiger partial charge is 0.375 e. The Morgan fingerprint density at radius 3 is 2.89 bits per heavy atom. The second-order valence-corrected chi connectivity index (χ2v) is 5.68. The molecule has 1 aromatic heterocycles. The van der Waals surface area contributed by atoms with Gasteiger partial charge in [0.2, 0.25) is 0 Å². The molecule has 0 amide bonds. The van der Waals surface area contributed by atoms with Crippen molar-refractivity contribution < 1.29 is 13.9 Å². The summed E-state index contributed by atoms with van der Waals surface area (Å²) in [4.78, 5) is 16.2. The summed E-state index contributed by atoms with van der Waals surface area (Å²) in [5, 5.41) is 0. The minimum atomic E-state index is -0.450. The molecular formula is C15H18FNO2. The van der Waals surface area contributed by atoms with Crippen LogP contribution < -0.4 is 0 Å². The van der Waals surface area contributed by atoms with Crippen LogP contribution in [0.3, 0.4) is 0 Å². The van der Waals surface area contributed by atoms with Gasteiger partial charge >= 0.3 is 0 Å². The maximum atomic E-state index is 13.1. The molecule has 1 saturated heterocycles. The van der Waals surface area contributed by atoms with Gasteiger partial charge in [0.05, 0.1) is 11.8 Å². The number of carbonyl (C=O) groups excluding carboxylic acids is 1. The molecular weight excluding hydrogens is 245 g/mol. The monoisotopic (exact) mass is 263 g/mol. The minimum absolute atomic E-state index is 0.0153. The topological polar surface area (TPSA) is 39.2 Å². The highest BCUT2D eigenvalue weighted by Gasteiger charge is 2.42. The van der Waals surface area contributed by atoms with Crippen LogP contribution >= 0.6 is 0 Å². The molecule has 1 unspecified atom stereocenters. The average Bonchev–Trinajstić information content (AvgIpc) is 2.86. The van der Waals surface area contributed by atoms with Crippen molar-refractivity contribution in [2.45, 2.75) is 44.1 Å². The molecule has 3 nitrogen and oxygen atoms in total. The van der Waals surface area contributed by atoms with Crippen molar-refractivity contribution in [1.82, 2.24) is 4.98 Å². The SMILES string of the molecule is O=C(c1cncc(F)c1)C1CCOC2(CCCC2)C1. The quantitative estimate of drug-likeness (QED) is 0.769. The molecule has 0 N–H and O–H groups in total. The number of pyridine rings is 1. The van der Waals surface area contributed by atoms with E-state index in [-0.39, 0.29) is 17.3 Å². The van der Waals surface area contributed by atoms with Crippen LogP contribution in [0.25, 0.3) is 0 Å². The molecule has 1 aliphatic heterocycles. The molecule has 2 fully saturated rings. The van der Waals surface area contributed by atoms with E-state index in [0.29, 0.717) is 12.2 Å². The number of halogens is 1. The minimum Gasteiger partial charge on any atom is -0.375 e. The van der Waals surface area contributed by atoms with Crippen LogP contribution in [0.2, 0.25) is 0 Å². The Morgan fingerprint density at radius 1 is 1.37 bits per heavy atom. The number of nitrogens with zero attached hydrogens (tertiary/aromatic N) is 1. The molecule has 1 aromatic rings. The van der Waals surface area contributed by atoms with Gasteiger partial charge in [0.15, 0.2) is 5.78 Å². The third-order valence-electron chi connectivity index (χ3n) is 4.37. The number of Topliss-reactive ketones (excluding diaryl/α,β-unsaturated/α-hetero) is 1. The van der Waals surface area contributed by atoms with E-state index in [9.17, 15) is 9.18 Å². The van der Waals surface area contributed by atoms with E-state index in [1.807, 2.05) is 0 Å². The third kappa shape index (κ3) is 2.54. The zero-order valence-corrected chi connectivity index (χ0v) is 10.9. The van der Waals surface area contributed by atoms with Gasteiger partial charge in [-0.15, -0.1) is 0 Å². The Bertz CT molecular complexity index is 483. The summed E-state index contributed by atoms with van der Waals surface area (Å²) in [6.45, 7) is 0.638. The van der Waals surface area contributed by atoms with Gasteiger partial charge in [-0.25, -0.2) is 4.39 Å². The smallest absolute Gasteiger partial charge is 0.167 e. The molecule has 2 heterocycles. The predicted molar refractivity (Wildman–Crippen MR) is 68.4 cm³/mol. The number of carbonyl (C=O) groups is 1. The van der Waals surface area contributed by atoms with Crippen LogP contribution in [0.1, 0.15) is 48.9 Å². The van der Waals surface area contributed by atoms with Gasteiger partial charge in [-0.2, -0.15) is 0 Å². The lowest BCUT2D eigenvalue weighted by Gasteiger charge is -2.37. The maximum absolute atomic E-state index is 13.1. The molecule has 19 heavy (non-hydrogen) atoms. The molecule has 0 radical (unpaired) electrons. The van der Waals surface area contributed by atoms with Gasteiger partial charge in [0.25, 0.3) is 0 Å². The second-order valence-electron chi connectivity index (χ2n) is 5.68. The van der Waals surface area contributed by atoms with E-state index in [2.05, 4.69) is 4.98 Å². The molecule has 4 heteroatoms. The highest BCUT2D eigenvalue weighted by Crippen LogP contribution is 2.42. The fraction of sp³-hybridized carbons (Fsp3) is 0.600. The van der Waals surface area contributed by atoms with Crippen LogP contribution in [-0.4, -0.2) is 23.0 Å². The van der Waals surface area contributed by atoms with E-state index >= 15 is 0 Å². The molecule has 3 rings (SSSR count). The number of hydrogen-bond donors (Lipinski definition) is 0. The Morgan fingerprint density at radius 2 is 2.16 bits per heavy atom. The number of hydrogen-bond acceptors (Lipinski definition) is 3. The average molecular weight is 263 g/mol. The summed E-state index contributed by atoms with van der Waals surface area (Å²) in [5.41, 5.74) is 0.305. The highest BCUT2D eigenvalue weighted by molar-refractivity contribution is 5.97. The van der Waals surface area contributed by atoms with Crippen LogP contribution in [0.4, 0.5) is 4.39 Å². The van der Waals surface area contributed by atoms with Gasteiger partial charge in [0.1, 0.15) is 5.82 Å². The van der Waals surface area contributed by atoms with Gasteiger partial charge in [-0.1, -0.05) is 12.8 Å². The Labute approximate surface area is 112 Å². The van der Waals surface area contributed by atoms with E-state index < -0.39 is 5.82 Å². The van der Waals surface area contributed by atoms with E-state index in [1.54, 1.807) is 0 Å². The summed E-state index contributed by atoms with van der Waals surface area (Å²) in [5.74, 6) is -0.481. The fourth-order valence-electron chi connectivity index (χ4n) is 3.40. The molecule has 1 saturated carbocycles. The zero-order chi connectivity index (χ0) is 13.3. The van der Waals surface area contributed by atoms with Crippen molar-refractivity contribution in [1.29, 1.82) is 0 Å². The zero-order valence-electron chi connectivity index (χ0n) is 10.9. The summed E-state index contributed by atoms with van der Waals surface area (Å²) < 4.78 is 19.1. The van der Waals surface area contributed by atoms with Gasteiger partial charge in [-0.05, 0) is 31.7 Å². The number of rotatable bonds is 2. The van der Waals surface area contributed by atoms with Crippen molar-refractivity contribution in [2.75, 3.05) is 6.61 Å². The van der Waals surface area contributed by atoms with E-state index in [1.165, 1.54) is 25.1 Å². The molecule has 2 aliphatic rings. The summed E-state index contributed by atoms with van der Waals surface area (Å²) in [6, 6.07) is 1.28. The van der Waals surface area contributed by atoms with Crippen LogP contribution in [0.15, 0.2) is 18.5 Å². The van der Waals surface area contributed by atoms with Crippen molar-refractivity contribution in [3.8, 4) is 0 Å². The third-order valence-corrected chi connectivity index (χ3v) is 4.37. The molecule has 1 aliphatic carbocycles. The highest BCUT2D eigenvalue weighted by atomic mass is 19.1. The van der Waals surface area contributed by atoms with Crippen molar-refractivity contribution in [2.24, 2.45) is 5.92 Å². The second kappa shape index (κ2) is 5.00. The first-order chi connectivity index (χ1) is 9.19. The lowest BCUT2D eigenvalue weighted by atomic mass is 9.81. The predicted octanol–water partition coefficient (Wildman–Crippen LogP) is 3.14. The fourth-order valence-corrected chi connectivity index (χ4v) is 3.40. The molecule has 1 atom stereocenters. The standard InChI is InChI=1S/C15H18FNO2/c16-13-7-12(9-17-10-13)14(18)11-3-6-19-15(8-11)4-1-2-5-15/h7,9-11H,1-6,8H2. The van der Waals surface area contributed by atoms with Crippen molar-refractivity contribution in [3.05, 3.63) is 29.8 Å². The van der Waals surface area contributed by atoms with Gasteiger partial charge < -0.3 is 4.74 Å². The summed E-state index contributed by atoms with van der Waals surface area (Å²) >= 11 is 0. The maximum Gasteiger partial charge on any atom is 0.167 e. The Balaban J connectivity index is 1.76. The van der Waals surface area contributed by atoms with Crippen molar-refractivity contribution in [3.63, 3.8) is 0 Å². The lowest BCUT2D eigenvalue weighted by molar-refractivity contribution is -0.0866. The molecule has 1 spiro atoms. The molecule has 0 aromatic carbocycles. The summed E-state index contributed by atoms with van der Waals surface area (Å²) in [6.07, 6.45) is 8.57. The lowest BCUT2D eigenvalue weighted by Crippen LogP contribution is -2.39. The van der Waals surface area contributed by atoms with Crippen LogP contribution in [0.5, 0.6) is 0 Å². The first kappa shape index (κ1) is 12.7. The number of ketones is 1. The van der Waals surface area contributed by atoms with E-state index in [0.717, 1.165) is 31.9 Å². The van der Waals surface area contributed by atoms with Crippen molar-refractivity contribution >= 4 is 5.78 Å². The Kier molecular flexibility index (Phi) is 3.35. The summed E-state index contributed by atoms with van der Waals surface area (Å²) in [7, 11) is 0. The van der Waals surface area contributed by atoms with Crippen LogP contribution in [-0.2, 0) is 4.74 Å². The van der Waals surface area contributed by atoms with Gasteiger partial charge in [-0.3, -0.25) is 9.78 Å². The molecule has 0 bridgehead atoms. The first-order valence-electron chi connectivity index (χ1n) is 6.97. The normalized spacial score (nSPS) is 25.6. The van der Waals surface area contributed by atoms with E-state index in [4.69, 9.17) is 4.74 Å². The van der Waals surface area contributed by atoms with Gasteiger partial charge in [0, 0.05) is 24.3 Å². The first-order valence-corrected chi connectivity index (χ1v) is 6.97. The molecule has 102 valence electrons. The van der Waals surface area contributed by atoms with Crippen LogP contribution in [0, 0.1) is 11.7 Å². The Hall–Kier alpha value is -1.29. The number of aromatic nitrogens is 1.